The number of benzene rings is 3. The standard InChI is InChI=1S/C28H25N3O6/c1-29-14-17-10-11-21(20(12-17)28(33)34)30-27(32)22-13-18-6-5-9-25(26(18)31(22)2)36-16-19-15-35-23-7-3-4-8-24(23)37-19/h3-14,19H,15-16H2,1-2H3,(H,30,32)(H,33,34). The van der Waals surface area contributed by atoms with Crippen LogP contribution in [0.1, 0.15) is 26.4 Å². The largest absolute Gasteiger partial charge is 0.487 e. The quantitative estimate of drug-likeness (QED) is 0.365. The van der Waals surface area contributed by atoms with Crippen LogP contribution in [0.15, 0.2) is 71.7 Å². The molecule has 0 bridgehead atoms. The first-order chi connectivity index (χ1) is 17.9. The van der Waals surface area contributed by atoms with Crippen molar-refractivity contribution in [3.05, 3.63) is 83.6 Å². The number of carboxylic acid groups (broad SMARTS) is 1. The molecule has 0 aliphatic carbocycles. The number of aromatic nitrogens is 1. The smallest absolute Gasteiger partial charge is 0.337 e. The van der Waals surface area contributed by atoms with Crippen LogP contribution in [0.25, 0.3) is 10.9 Å². The highest BCUT2D eigenvalue weighted by Gasteiger charge is 2.23. The predicted octanol–water partition coefficient (Wildman–Crippen LogP) is 4.40. The maximum Gasteiger partial charge on any atom is 0.337 e. The van der Waals surface area contributed by atoms with E-state index in [1.54, 1.807) is 43.1 Å². The molecule has 1 amide bonds. The molecule has 3 aromatic carbocycles. The first-order valence-corrected chi connectivity index (χ1v) is 11.6. The highest BCUT2D eigenvalue weighted by Crippen LogP contribution is 2.32. The second kappa shape index (κ2) is 10.1. The van der Waals surface area contributed by atoms with Gasteiger partial charge in [0.2, 0.25) is 0 Å². The zero-order valence-corrected chi connectivity index (χ0v) is 20.3. The van der Waals surface area contributed by atoms with Crippen molar-refractivity contribution in [2.24, 2.45) is 12.0 Å². The number of aromatic carboxylic acids is 1. The lowest BCUT2D eigenvalue weighted by Gasteiger charge is -2.26. The second-order valence-corrected chi connectivity index (χ2v) is 8.54. The monoisotopic (exact) mass is 499 g/mol. The number of fused-ring (bicyclic) bond motifs is 2. The van der Waals surface area contributed by atoms with Crippen LogP contribution in [0.3, 0.4) is 0 Å². The van der Waals surface area contributed by atoms with Gasteiger partial charge < -0.3 is 29.2 Å². The third-order valence-corrected chi connectivity index (χ3v) is 6.04. The lowest BCUT2D eigenvalue weighted by atomic mass is 10.1. The molecule has 1 aliphatic rings. The first-order valence-electron chi connectivity index (χ1n) is 11.6. The van der Waals surface area contributed by atoms with Crippen molar-refractivity contribution in [1.82, 2.24) is 4.57 Å². The van der Waals surface area contributed by atoms with Crippen molar-refractivity contribution in [2.75, 3.05) is 25.6 Å². The molecule has 1 atom stereocenters. The second-order valence-electron chi connectivity index (χ2n) is 8.54. The van der Waals surface area contributed by atoms with Crippen LogP contribution in [0, 0.1) is 0 Å². The molecule has 4 aromatic rings. The molecule has 37 heavy (non-hydrogen) atoms. The maximum absolute atomic E-state index is 13.2. The topological polar surface area (TPSA) is 111 Å². The summed E-state index contributed by atoms with van der Waals surface area (Å²) < 4.78 is 19.6. The molecule has 0 spiro atoms. The van der Waals surface area contributed by atoms with Crippen molar-refractivity contribution in [3.63, 3.8) is 0 Å². The van der Waals surface area contributed by atoms with Crippen LogP contribution in [0.2, 0.25) is 0 Å². The fourth-order valence-electron chi connectivity index (χ4n) is 4.31. The minimum absolute atomic E-state index is 0.0233. The fraction of sp³-hybridized carbons (Fsp3) is 0.179. The number of rotatable bonds is 7. The maximum atomic E-state index is 13.2. The highest BCUT2D eigenvalue weighted by atomic mass is 16.6. The van der Waals surface area contributed by atoms with E-state index in [9.17, 15) is 14.7 Å². The van der Waals surface area contributed by atoms with Gasteiger partial charge in [0, 0.05) is 25.7 Å². The number of carboxylic acids is 1. The molecule has 1 aliphatic heterocycles. The van der Waals surface area contributed by atoms with Crippen molar-refractivity contribution in [1.29, 1.82) is 0 Å². The third-order valence-electron chi connectivity index (χ3n) is 6.04. The minimum Gasteiger partial charge on any atom is -0.487 e. The lowest BCUT2D eigenvalue weighted by molar-refractivity contribution is 0.0539. The molecule has 1 aromatic heterocycles. The van der Waals surface area contributed by atoms with Crippen LogP contribution >= 0.6 is 0 Å². The summed E-state index contributed by atoms with van der Waals surface area (Å²) in [5.41, 5.74) is 1.89. The Morgan fingerprint density at radius 2 is 1.95 bits per heavy atom. The van der Waals surface area contributed by atoms with E-state index in [1.165, 1.54) is 6.07 Å². The van der Waals surface area contributed by atoms with Gasteiger partial charge in [-0.25, -0.2) is 4.79 Å². The summed E-state index contributed by atoms with van der Waals surface area (Å²) in [5, 5.41) is 13.2. The number of anilines is 1. The molecule has 9 nitrogen and oxygen atoms in total. The van der Waals surface area contributed by atoms with Gasteiger partial charge in [0.15, 0.2) is 17.6 Å². The molecule has 2 heterocycles. The number of nitrogens with zero attached hydrogens (tertiary/aromatic N) is 2. The molecular formula is C28H25N3O6. The summed E-state index contributed by atoms with van der Waals surface area (Å²) >= 11 is 0. The summed E-state index contributed by atoms with van der Waals surface area (Å²) in [6.45, 7) is 0.623. The number of aryl methyl sites for hydroxylation is 1. The molecule has 1 unspecified atom stereocenters. The number of ether oxygens (including phenoxy) is 3. The number of hydrogen-bond donors (Lipinski definition) is 2. The summed E-state index contributed by atoms with van der Waals surface area (Å²) in [6.07, 6.45) is 1.26. The molecular weight excluding hydrogens is 474 g/mol. The van der Waals surface area contributed by atoms with Crippen LogP contribution in [-0.4, -0.2) is 54.1 Å². The Kier molecular flexibility index (Phi) is 6.51. The summed E-state index contributed by atoms with van der Waals surface area (Å²) in [6, 6.07) is 19.5. The normalized spacial score (nSPS) is 14.6. The van der Waals surface area contributed by atoms with E-state index in [-0.39, 0.29) is 24.0 Å². The number of amides is 1. The summed E-state index contributed by atoms with van der Waals surface area (Å²) in [5.74, 6) is 0.388. The van der Waals surface area contributed by atoms with Crippen molar-refractivity contribution in [2.45, 2.75) is 6.10 Å². The minimum atomic E-state index is -1.15. The Morgan fingerprint density at radius 3 is 2.73 bits per heavy atom. The van der Waals surface area contributed by atoms with Gasteiger partial charge in [0.1, 0.15) is 24.7 Å². The molecule has 0 saturated heterocycles. The number of nitrogens with one attached hydrogen (secondary N) is 1. The van der Waals surface area contributed by atoms with Gasteiger partial charge in [-0.2, -0.15) is 0 Å². The number of para-hydroxylation sites is 3. The van der Waals surface area contributed by atoms with Crippen LogP contribution in [-0.2, 0) is 7.05 Å². The number of hydrogen-bond acceptors (Lipinski definition) is 6. The van der Waals surface area contributed by atoms with E-state index in [0.29, 0.717) is 35.1 Å². The average Bonchev–Trinajstić information content (AvgIpc) is 3.25. The van der Waals surface area contributed by atoms with Gasteiger partial charge in [-0.15, -0.1) is 0 Å². The first kappa shape index (κ1) is 23.9. The van der Waals surface area contributed by atoms with Gasteiger partial charge in [0.25, 0.3) is 5.91 Å². The fourth-order valence-corrected chi connectivity index (χ4v) is 4.31. The van der Waals surface area contributed by atoms with Crippen LogP contribution < -0.4 is 19.5 Å². The van der Waals surface area contributed by atoms with Gasteiger partial charge in [-0.05, 0) is 42.0 Å². The Bertz CT molecular complexity index is 1520. The van der Waals surface area contributed by atoms with Crippen LogP contribution in [0.4, 0.5) is 5.69 Å². The summed E-state index contributed by atoms with van der Waals surface area (Å²) in [7, 11) is 3.36. The molecule has 9 heteroatoms. The van der Waals surface area contributed by atoms with E-state index in [0.717, 1.165) is 10.9 Å². The Labute approximate surface area is 212 Å². The molecule has 0 saturated carbocycles. The van der Waals surface area contributed by atoms with E-state index < -0.39 is 11.9 Å². The number of aliphatic imine (C=N–C) groups is 1. The Balaban J connectivity index is 1.36. The molecule has 2 N–H and O–H groups in total. The zero-order valence-electron chi connectivity index (χ0n) is 20.3. The number of carbonyl (C=O) groups is 2. The predicted molar refractivity (Wildman–Crippen MR) is 140 cm³/mol. The van der Waals surface area contributed by atoms with E-state index in [2.05, 4.69) is 10.3 Å². The Morgan fingerprint density at radius 1 is 1.14 bits per heavy atom. The molecule has 0 fully saturated rings. The molecule has 0 radical (unpaired) electrons. The zero-order chi connectivity index (χ0) is 25.9. The third kappa shape index (κ3) is 4.84. The highest BCUT2D eigenvalue weighted by molar-refractivity contribution is 6.10. The van der Waals surface area contributed by atoms with Crippen molar-refractivity contribution < 1.29 is 28.9 Å². The summed E-state index contributed by atoms with van der Waals surface area (Å²) in [4.78, 5) is 28.9. The Hall–Kier alpha value is -4.79. The number of carbonyl (C=O) groups excluding carboxylic acids is 1. The van der Waals surface area contributed by atoms with Crippen molar-refractivity contribution in [3.8, 4) is 17.2 Å². The molecule has 5 rings (SSSR count). The van der Waals surface area contributed by atoms with E-state index in [4.69, 9.17) is 14.2 Å². The van der Waals surface area contributed by atoms with Gasteiger partial charge in [-0.3, -0.25) is 9.79 Å². The SMILES string of the molecule is CN=Cc1ccc(NC(=O)c2cc3cccc(OCC4COc5ccccc5O4)c3n2C)c(C(=O)O)c1. The average molecular weight is 500 g/mol. The van der Waals surface area contributed by atoms with E-state index >= 15 is 0 Å². The lowest BCUT2D eigenvalue weighted by Crippen LogP contribution is -2.34. The van der Waals surface area contributed by atoms with Crippen molar-refractivity contribution >= 4 is 34.7 Å². The van der Waals surface area contributed by atoms with E-state index in [1.807, 2.05) is 42.5 Å². The van der Waals surface area contributed by atoms with Gasteiger partial charge in [-0.1, -0.05) is 30.3 Å². The molecule has 188 valence electrons. The van der Waals surface area contributed by atoms with Gasteiger partial charge in [0.05, 0.1) is 16.8 Å². The van der Waals surface area contributed by atoms with Gasteiger partial charge >= 0.3 is 5.97 Å². The van der Waals surface area contributed by atoms with Crippen LogP contribution in [0.5, 0.6) is 17.2 Å².